The maximum atomic E-state index is 9.28. The molecule has 0 bridgehead atoms. The summed E-state index contributed by atoms with van der Waals surface area (Å²) in [6.45, 7) is 9.07. The van der Waals surface area contributed by atoms with Gasteiger partial charge in [-0.25, -0.2) is 0 Å². The highest BCUT2D eigenvalue weighted by Crippen LogP contribution is 2.28. The maximum Gasteiger partial charge on any atom is 0.0611 e. The van der Waals surface area contributed by atoms with Crippen molar-refractivity contribution in [1.82, 2.24) is 4.90 Å². The molecule has 1 unspecified atom stereocenters. The highest BCUT2D eigenvalue weighted by Gasteiger charge is 2.29. The lowest BCUT2D eigenvalue weighted by Crippen LogP contribution is -2.43. The number of rotatable bonds is 9. The molecule has 1 fully saturated rings. The second-order valence-electron chi connectivity index (χ2n) is 6.10. The van der Waals surface area contributed by atoms with Crippen LogP contribution in [0.4, 0.5) is 0 Å². The van der Waals surface area contributed by atoms with E-state index in [4.69, 9.17) is 5.73 Å². The summed E-state index contributed by atoms with van der Waals surface area (Å²) in [7, 11) is 0. The number of hydrogen-bond acceptors (Lipinski definition) is 3. The van der Waals surface area contributed by atoms with Crippen LogP contribution in [0.5, 0.6) is 0 Å². The van der Waals surface area contributed by atoms with Crippen LogP contribution in [0.25, 0.3) is 0 Å². The van der Waals surface area contributed by atoms with Gasteiger partial charge in [-0.2, -0.15) is 0 Å². The van der Waals surface area contributed by atoms with Crippen molar-refractivity contribution >= 4 is 0 Å². The largest absolute Gasteiger partial charge is 0.394 e. The van der Waals surface area contributed by atoms with Gasteiger partial charge in [0.15, 0.2) is 0 Å². The fraction of sp³-hybridized carbons (Fsp3) is 1.00. The number of nitrogens with zero attached hydrogens (tertiary/aromatic N) is 1. The van der Waals surface area contributed by atoms with Crippen LogP contribution in [0.1, 0.15) is 52.9 Å². The first-order chi connectivity index (χ1) is 8.00. The Bertz CT molecular complexity index is 210. The normalized spacial score (nSPS) is 19.9. The second kappa shape index (κ2) is 6.72. The Hall–Kier alpha value is -0.120. The van der Waals surface area contributed by atoms with Gasteiger partial charge in [-0.3, -0.25) is 0 Å². The molecule has 3 nitrogen and oxygen atoms in total. The van der Waals surface area contributed by atoms with Gasteiger partial charge < -0.3 is 15.7 Å². The van der Waals surface area contributed by atoms with Gasteiger partial charge in [0, 0.05) is 18.1 Å². The smallest absolute Gasteiger partial charge is 0.0611 e. The van der Waals surface area contributed by atoms with Gasteiger partial charge >= 0.3 is 0 Å². The Morgan fingerprint density at radius 3 is 2.47 bits per heavy atom. The fourth-order valence-corrected chi connectivity index (χ4v) is 2.33. The number of aliphatic hydroxyl groups is 1. The Morgan fingerprint density at radius 1 is 1.41 bits per heavy atom. The zero-order valence-corrected chi connectivity index (χ0v) is 11.8. The van der Waals surface area contributed by atoms with Crippen LogP contribution >= 0.6 is 0 Å². The zero-order chi connectivity index (χ0) is 12.9. The molecule has 1 aliphatic rings. The number of nitrogens with two attached hydrogens (primary N) is 1. The Kier molecular flexibility index (Phi) is 5.90. The third-order valence-corrected chi connectivity index (χ3v) is 3.80. The molecule has 0 saturated heterocycles. The Balaban J connectivity index is 2.27. The van der Waals surface area contributed by atoms with E-state index >= 15 is 0 Å². The molecule has 3 N–H and O–H groups in total. The van der Waals surface area contributed by atoms with Crippen LogP contribution in [0, 0.1) is 5.92 Å². The number of hydrogen-bond donors (Lipinski definition) is 2. The van der Waals surface area contributed by atoms with Crippen LogP contribution < -0.4 is 5.73 Å². The topological polar surface area (TPSA) is 49.5 Å². The average molecular weight is 242 g/mol. The molecular formula is C14H30N2O. The summed E-state index contributed by atoms with van der Waals surface area (Å²) in [6, 6.07) is 0.834. The van der Waals surface area contributed by atoms with E-state index in [0.29, 0.717) is 0 Å². The first-order valence-corrected chi connectivity index (χ1v) is 7.14. The summed E-state index contributed by atoms with van der Waals surface area (Å²) >= 11 is 0. The van der Waals surface area contributed by atoms with Crippen molar-refractivity contribution in [2.75, 3.05) is 19.7 Å². The monoisotopic (exact) mass is 242 g/mol. The standard InChI is InChI=1S/C14H30N2O/c1-4-14(15,11-17)8-5-9-16(10-12(2)3)13-6-7-13/h12-13,17H,4-11,15H2,1-3H3. The molecule has 0 amide bonds. The summed E-state index contributed by atoms with van der Waals surface area (Å²) < 4.78 is 0. The molecule has 0 aromatic rings. The highest BCUT2D eigenvalue weighted by atomic mass is 16.3. The maximum absolute atomic E-state index is 9.28. The van der Waals surface area contributed by atoms with Gasteiger partial charge in [0.25, 0.3) is 0 Å². The zero-order valence-electron chi connectivity index (χ0n) is 11.8. The average Bonchev–Trinajstić information content (AvgIpc) is 3.11. The molecule has 17 heavy (non-hydrogen) atoms. The second-order valence-corrected chi connectivity index (χ2v) is 6.10. The van der Waals surface area contributed by atoms with E-state index in [1.54, 1.807) is 0 Å². The summed E-state index contributed by atoms with van der Waals surface area (Å²) in [5.41, 5.74) is 5.75. The molecule has 0 spiro atoms. The van der Waals surface area contributed by atoms with E-state index in [1.165, 1.54) is 19.4 Å². The highest BCUT2D eigenvalue weighted by molar-refractivity contribution is 4.86. The first kappa shape index (κ1) is 14.9. The van der Waals surface area contributed by atoms with E-state index in [0.717, 1.165) is 37.8 Å². The number of aliphatic hydroxyl groups excluding tert-OH is 1. The van der Waals surface area contributed by atoms with Crippen LogP contribution in [0.15, 0.2) is 0 Å². The van der Waals surface area contributed by atoms with E-state index < -0.39 is 0 Å². The predicted molar refractivity (Wildman–Crippen MR) is 73.0 cm³/mol. The van der Waals surface area contributed by atoms with Crippen molar-refractivity contribution in [2.24, 2.45) is 11.7 Å². The quantitative estimate of drug-likeness (QED) is 0.650. The summed E-state index contributed by atoms with van der Waals surface area (Å²) in [5.74, 6) is 0.738. The van der Waals surface area contributed by atoms with Gasteiger partial charge in [0.1, 0.15) is 0 Å². The van der Waals surface area contributed by atoms with Crippen molar-refractivity contribution in [1.29, 1.82) is 0 Å². The van der Waals surface area contributed by atoms with Crippen molar-refractivity contribution < 1.29 is 5.11 Å². The third kappa shape index (κ3) is 5.36. The molecule has 0 aromatic heterocycles. The molecule has 0 heterocycles. The molecule has 0 aromatic carbocycles. The molecule has 1 atom stereocenters. The minimum Gasteiger partial charge on any atom is -0.394 e. The van der Waals surface area contributed by atoms with Crippen LogP contribution in [0.2, 0.25) is 0 Å². The van der Waals surface area contributed by atoms with Crippen LogP contribution in [0.3, 0.4) is 0 Å². The van der Waals surface area contributed by atoms with Gasteiger partial charge in [0.2, 0.25) is 0 Å². The molecule has 102 valence electrons. The lowest BCUT2D eigenvalue weighted by Gasteiger charge is -2.28. The summed E-state index contributed by atoms with van der Waals surface area (Å²) in [4.78, 5) is 2.61. The van der Waals surface area contributed by atoms with E-state index in [2.05, 4.69) is 25.7 Å². The minimum absolute atomic E-state index is 0.108. The van der Waals surface area contributed by atoms with Crippen molar-refractivity contribution in [3.8, 4) is 0 Å². The Labute approximate surface area is 106 Å². The van der Waals surface area contributed by atoms with Gasteiger partial charge in [-0.1, -0.05) is 20.8 Å². The van der Waals surface area contributed by atoms with Crippen molar-refractivity contribution in [3.63, 3.8) is 0 Å². The van der Waals surface area contributed by atoms with E-state index in [9.17, 15) is 5.11 Å². The predicted octanol–water partition coefficient (Wildman–Crippen LogP) is 1.99. The molecular weight excluding hydrogens is 212 g/mol. The van der Waals surface area contributed by atoms with E-state index in [1.807, 2.05) is 0 Å². The van der Waals surface area contributed by atoms with E-state index in [-0.39, 0.29) is 12.1 Å². The van der Waals surface area contributed by atoms with Crippen LogP contribution in [-0.2, 0) is 0 Å². The molecule has 0 radical (unpaired) electrons. The molecule has 3 heteroatoms. The van der Waals surface area contributed by atoms with Gasteiger partial charge in [-0.15, -0.1) is 0 Å². The minimum atomic E-state index is -0.354. The molecule has 1 rings (SSSR count). The Morgan fingerprint density at radius 2 is 2.06 bits per heavy atom. The third-order valence-electron chi connectivity index (χ3n) is 3.80. The first-order valence-electron chi connectivity index (χ1n) is 7.14. The summed E-state index contributed by atoms with van der Waals surface area (Å²) in [5, 5.41) is 9.28. The molecule has 0 aliphatic heterocycles. The van der Waals surface area contributed by atoms with Crippen molar-refractivity contribution in [3.05, 3.63) is 0 Å². The van der Waals surface area contributed by atoms with Gasteiger partial charge in [0.05, 0.1) is 6.61 Å². The molecule has 1 saturated carbocycles. The fourth-order valence-electron chi connectivity index (χ4n) is 2.33. The lowest BCUT2D eigenvalue weighted by molar-refractivity contribution is 0.167. The van der Waals surface area contributed by atoms with Gasteiger partial charge in [-0.05, 0) is 44.6 Å². The SMILES string of the molecule is CCC(N)(CO)CCCN(CC(C)C)C1CC1. The van der Waals surface area contributed by atoms with Crippen molar-refractivity contribution in [2.45, 2.75) is 64.5 Å². The summed E-state index contributed by atoms with van der Waals surface area (Å²) in [6.07, 6.45) is 5.63. The van der Waals surface area contributed by atoms with Crippen LogP contribution in [-0.4, -0.2) is 41.3 Å². The lowest BCUT2D eigenvalue weighted by atomic mass is 9.92. The molecule has 1 aliphatic carbocycles.